The number of fused-ring (bicyclic) bond motifs is 1. The molecule has 5 heterocycles. The van der Waals surface area contributed by atoms with Gasteiger partial charge in [-0.05, 0) is 37.5 Å². The Balaban J connectivity index is 1.36. The van der Waals surface area contributed by atoms with Crippen LogP contribution in [0.3, 0.4) is 0 Å². The Morgan fingerprint density at radius 2 is 1.98 bits per heavy atom. The van der Waals surface area contributed by atoms with E-state index in [-0.39, 0.29) is 47.1 Å². The standard InChI is InChI=1S/C29H32N8O5/c1-4-9-35-26-24(28(40)37(29(35)41)20-6-7-20)32-25(33-26)18-5-8-22(31-13-18)36(16-17-10-23(38)34(2)15-17)27(39)19-11-21(42-3)14-30-12-19/h5,8,11-14,17,20H,4,6-7,9-10,15-16H2,1-3H3,(H,32,33). The summed E-state index contributed by atoms with van der Waals surface area (Å²) in [6.07, 6.45) is 7.24. The first-order valence-electron chi connectivity index (χ1n) is 14.0. The van der Waals surface area contributed by atoms with Gasteiger partial charge >= 0.3 is 5.69 Å². The first-order chi connectivity index (χ1) is 20.3. The summed E-state index contributed by atoms with van der Waals surface area (Å²) in [4.78, 5) is 71.9. The number of likely N-dealkylation sites (tertiary alicyclic amines) is 1. The Labute approximate surface area is 240 Å². The number of amides is 2. The molecule has 6 rings (SSSR count). The van der Waals surface area contributed by atoms with Crippen LogP contribution >= 0.6 is 0 Å². The SMILES string of the molecule is CCCn1c(=O)n(C2CC2)c(=O)c2[nH]c(-c3ccc(N(CC4CC(=O)N(C)C4)C(=O)c4cncc(OC)c4)nc3)nc21. The number of hydrogen-bond donors (Lipinski definition) is 1. The Bertz CT molecular complexity index is 1790. The molecule has 0 aromatic carbocycles. The van der Waals surface area contributed by atoms with Gasteiger partial charge in [-0.1, -0.05) is 6.92 Å². The molecule has 13 heteroatoms. The molecule has 1 atom stereocenters. The molecule has 1 unspecified atom stereocenters. The van der Waals surface area contributed by atoms with Crippen molar-refractivity contribution in [2.45, 2.75) is 45.2 Å². The smallest absolute Gasteiger partial charge is 0.333 e. The number of nitrogens with one attached hydrogen (secondary N) is 1. The number of aromatic nitrogens is 6. The van der Waals surface area contributed by atoms with Crippen LogP contribution in [0, 0.1) is 5.92 Å². The monoisotopic (exact) mass is 572 g/mol. The third-order valence-electron chi connectivity index (χ3n) is 7.77. The number of anilines is 1. The minimum absolute atomic E-state index is 0.0333. The van der Waals surface area contributed by atoms with Gasteiger partial charge in [0, 0.05) is 63.0 Å². The number of H-pyrrole nitrogens is 1. The van der Waals surface area contributed by atoms with Crippen LogP contribution in [0.1, 0.15) is 49.0 Å². The van der Waals surface area contributed by atoms with Gasteiger partial charge in [0.1, 0.15) is 22.9 Å². The molecule has 0 spiro atoms. The lowest BCUT2D eigenvalue weighted by molar-refractivity contribution is -0.126. The normalized spacial score (nSPS) is 16.8. The van der Waals surface area contributed by atoms with Crippen LogP contribution in [0.5, 0.6) is 5.75 Å². The molecular weight excluding hydrogens is 540 g/mol. The first-order valence-corrected chi connectivity index (χ1v) is 14.0. The summed E-state index contributed by atoms with van der Waals surface area (Å²) in [5, 5.41) is 0. The molecule has 13 nitrogen and oxygen atoms in total. The van der Waals surface area contributed by atoms with Gasteiger partial charge in [-0.2, -0.15) is 0 Å². The number of carbonyl (C=O) groups is 2. The van der Waals surface area contributed by atoms with E-state index >= 15 is 0 Å². The number of methoxy groups -OCH3 is 1. The zero-order chi connectivity index (χ0) is 29.5. The molecule has 1 aliphatic carbocycles. The van der Waals surface area contributed by atoms with Gasteiger partial charge in [0.15, 0.2) is 5.65 Å². The minimum atomic E-state index is -0.368. The van der Waals surface area contributed by atoms with Gasteiger partial charge in [-0.25, -0.2) is 14.8 Å². The summed E-state index contributed by atoms with van der Waals surface area (Å²) in [5.41, 5.74) is 0.824. The average Bonchev–Trinajstić information content (AvgIpc) is 3.64. The van der Waals surface area contributed by atoms with E-state index < -0.39 is 0 Å². The number of aryl methyl sites for hydroxylation is 1. The number of pyridine rings is 2. The predicted octanol–water partition coefficient (Wildman–Crippen LogP) is 2.22. The van der Waals surface area contributed by atoms with Crippen molar-refractivity contribution in [3.8, 4) is 17.1 Å². The lowest BCUT2D eigenvalue weighted by atomic mass is 10.1. The first kappa shape index (κ1) is 27.4. The molecule has 42 heavy (non-hydrogen) atoms. The van der Waals surface area contributed by atoms with Crippen molar-refractivity contribution in [2.24, 2.45) is 5.92 Å². The highest BCUT2D eigenvalue weighted by molar-refractivity contribution is 6.05. The van der Waals surface area contributed by atoms with Crippen molar-refractivity contribution < 1.29 is 14.3 Å². The van der Waals surface area contributed by atoms with Gasteiger partial charge in [-0.3, -0.25) is 33.4 Å². The van der Waals surface area contributed by atoms with Crippen molar-refractivity contribution in [2.75, 3.05) is 32.1 Å². The van der Waals surface area contributed by atoms with Gasteiger partial charge in [-0.15, -0.1) is 0 Å². The number of rotatable bonds is 9. The van der Waals surface area contributed by atoms with E-state index in [2.05, 4.69) is 19.9 Å². The van der Waals surface area contributed by atoms with Crippen LogP contribution in [0.25, 0.3) is 22.6 Å². The van der Waals surface area contributed by atoms with Crippen molar-refractivity contribution in [1.29, 1.82) is 0 Å². The van der Waals surface area contributed by atoms with Crippen LogP contribution in [-0.2, 0) is 11.3 Å². The summed E-state index contributed by atoms with van der Waals surface area (Å²) >= 11 is 0. The largest absolute Gasteiger partial charge is 0.495 e. The lowest BCUT2D eigenvalue weighted by Gasteiger charge is -2.25. The summed E-state index contributed by atoms with van der Waals surface area (Å²) in [6.45, 7) is 3.23. The fourth-order valence-corrected chi connectivity index (χ4v) is 5.46. The van der Waals surface area contributed by atoms with Gasteiger partial charge < -0.3 is 14.6 Å². The fourth-order valence-electron chi connectivity index (χ4n) is 5.46. The van der Waals surface area contributed by atoms with E-state index in [9.17, 15) is 19.2 Å². The maximum absolute atomic E-state index is 13.7. The number of hydrogen-bond acceptors (Lipinski definition) is 8. The van der Waals surface area contributed by atoms with Crippen molar-refractivity contribution in [1.82, 2.24) is 34.0 Å². The molecule has 218 valence electrons. The zero-order valence-corrected chi connectivity index (χ0v) is 23.7. The highest BCUT2D eigenvalue weighted by Gasteiger charge is 2.32. The van der Waals surface area contributed by atoms with Crippen molar-refractivity contribution in [3.63, 3.8) is 0 Å². The minimum Gasteiger partial charge on any atom is -0.495 e. The van der Waals surface area contributed by atoms with E-state index in [1.165, 1.54) is 24.1 Å². The highest BCUT2D eigenvalue weighted by atomic mass is 16.5. The van der Waals surface area contributed by atoms with E-state index in [1.54, 1.807) is 45.8 Å². The molecule has 0 bridgehead atoms. The van der Waals surface area contributed by atoms with Gasteiger partial charge in [0.2, 0.25) is 5.91 Å². The second-order valence-corrected chi connectivity index (χ2v) is 10.9. The van der Waals surface area contributed by atoms with E-state index in [4.69, 9.17) is 4.74 Å². The number of imidazole rings is 1. The van der Waals surface area contributed by atoms with E-state index in [0.29, 0.717) is 60.1 Å². The maximum atomic E-state index is 13.7. The molecule has 0 radical (unpaired) electrons. The maximum Gasteiger partial charge on any atom is 0.333 e. The Kier molecular flexibility index (Phi) is 7.09. The molecule has 1 aliphatic heterocycles. The molecule has 1 saturated carbocycles. The third kappa shape index (κ3) is 4.95. The van der Waals surface area contributed by atoms with Gasteiger partial charge in [0.25, 0.3) is 11.5 Å². The van der Waals surface area contributed by atoms with Crippen LogP contribution in [0.4, 0.5) is 5.82 Å². The second-order valence-electron chi connectivity index (χ2n) is 10.9. The van der Waals surface area contributed by atoms with Crippen LogP contribution in [0.2, 0.25) is 0 Å². The van der Waals surface area contributed by atoms with Crippen molar-refractivity contribution in [3.05, 3.63) is 63.2 Å². The van der Waals surface area contributed by atoms with Crippen LogP contribution in [-0.4, -0.2) is 73.0 Å². The Hall–Kier alpha value is -4.81. The van der Waals surface area contributed by atoms with E-state index in [0.717, 1.165) is 12.8 Å². The zero-order valence-electron chi connectivity index (χ0n) is 23.7. The highest BCUT2D eigenvalue weighted by Crippen LogP contribution is 2.32. The molecule has 2 fully saturated rings. The number of aromatic amines is 1. The number of carbonyl (C=O) groups excluding carboxylic acids is 2. The molecule has 2 aliphatic rings. The molecule has 4 aromatic heterocycles. The molecule has 2 amide bonds. The van der Waals surface area contributed by atoms with Crippen LogP contribution < -0.4 is 20.9 Å². The molecule has 1 N–H and O–H groups in total. The second kappa shape index (κ2) is 10.9. The predicted molar refractivity (Wildman–Crippen MR) is 155 cm³/mol. The average molecular weight is 573 g/mol. The molecule has 1 saturated heterocycles. The van der Waals surface area contributed by atoms with Crippen molar-refractivity contribution >= 4 is 28.8 Å². The molecule has 4 aromatic rings. The quantitative estimate of drug-likeness (QED) is 0.321. The molecular formula is C29H32N8O5. The summed E-state index contributed by atoms with van der Waals surface area (Å²) in [5.74, 6) is 0.890. The van der Waals surface area contributed by atoms with Gasteiger partial charge in [0.05, 0.1) is 18.9 Å². The number of nitrogens with zero attached hydrogens (tertiary/aromatic N) is 7. The fraction of sp³-hybridized carbons (Fsp3) is 0.414. The number of ether oxygens (including phenoxy) is 1. The third-order valence-corrected chi connectivity index (χ3v) is 7.77. The topological polar surface area (TPSA) is 148 Å². The van der Waals surface area contributed by atoms with E-state index in [1.807, 2.05) is 6.92 Å². The summed E-state index contributed by atoms with van der Waals surface area (Å²) < 4.78 is 8.14. The Morgan fingerprint density at radius 3 is 2.62 bits per heavy atom. The summed E-state index contributed by atoms with van der Waals surface area (Å²) in [7, 11) is 3.25. The summed E-state index contributed by atoms with van der Waals surface area (Å²) in [6, 6.07) is 5.01. The van der Waals surface area contributed by atoms with Crippen LogP contribution in [0.15, 0.2) is 46.4 Å². The lowest BCUT2D eigenvalue weighted by Crippen LogP contribution is -2.39. The Morgan fingerprint density at radius 1 is 1.17 bits per heavy atom.